The standard InChI is InChI=1S/C35H41F3O2/c1-3-5-6-7-8-9-10-11-13-27-18-21-31(35(38)34(27)37)26-16-14-25(15-17-26)28-19-20-30(32(36)22-28)29-23-39-33(12-4-2)40-24-29/h4,12,14-22,29,33H,3,5-11,13,23-24H2,1-2H3/b12-4+. The Morgan fingerprint density at radius 2 is 1.35 bits per heavy atom. The monoisotopic (exact) mass is 550 g/mol. The maximum Gasteiger partial charge on any atom is 0.176 e. The minimum absolute atomic E-state index is 0.172. The highest BCUT2D eigenvalue weighted by molar-refractivity contribution is 5.71. The van der Waals surface area contributed by atoms with Crippen molar-refractivity contribution < 1.29 is 22.6 Å². The van der Waals surface area contributed by atoms with E-state index >= 15 is 8.78 Å². The van der Waals surface area contributed by atoms with Crippen LogP contribution < -0.4 is 0 Å². The minimum atomic E-state index is -0.811. The summed E-state index contributed by atoms with van der Waals surface area (Å²) in [4.78, 5) is 0. The number of allylic oxidation sites excluding steroid dienone is 1. The van der Waals surface area contributed by atoms with Gasteiger partial charge in [-0.15, -0.1) is 0 Å². The van der Waals surface area contributed by atoms with Crippen LogP contribution in [0.5, 0.6) is 0 Å². The molecule has 0 saturated carbocycles. The summed E-state index contributed by atoms with van der Waals surface area (Å²) in [6.07, 6.45) is 13.2. The van der Waals surface area contributed by atoms with Gasteiger partial charge in [-0.25, -0.2) is 13.2 Å². The number of ether oxygens (including phenoxy) is 2. The molecular weight excluding hydrogens is 509 g/mol. The zero-order valence-corrected chi connectivity index (χ0v) is 23.7. The lowest BCUT2D eigenvalue weighted by atomic mass is 9.94. The summed E-state index contributed by atoms with van der Waals surface area (Å²) in [6, 6.07) is 15.6. The zero-order chi connectivity index (χ0) is 28.3. The molecule has 3 aromatic carbocycles. The molecule has 0 atom stereocenters. The average molecular weight is 551 g/mol. The normalized spacial score (nSPS) is 17.5. The van der Waals surface area contributed by atoms with Gasteiger partial charge in [-0.2, -0.15) is 0 Å². The SMILES string of the molecule is C/C=C/C1OCC(c2ccc(-c3ccc(-c4ccc(CCCCCCCCCC)c(F)c4F)cc3)cc2F)CO1. The number of benzene rings is 3. The smallest absolute Gasteiger partial charge is 0.176 e. The van der Waals surface area contributed by atoms with E-state index in [9.17, 15) is 4.39 Å². The van der Waals surface area contributed by atoms with Gasteiger partial charge in [0.1, 0.15) is 5.82 Å². The first kappa shape index (κ1) is 30.1. The Morgan fingerprint density at radius 3 is 2.00 bits per heavy atom. The van der Waals surface area contributed by atoms with Crippen LogP contribution in [0, 0.1) is 17.5 Å². The van der Waals surface area contributed by atoms with E-state index in [-0.39, 0.29) is 23.6 Å². The highest BCUT2D eigenvalue weighted by Crippen LogP contribution is 2.32. The molecule has 3 aromatic rings. The fourth-order valence-electron chi connectivity index (χ4n) is 5.30. The maximum atomic E-state index is 15.0. The van der Waals surface area contributed by atoms with Crippen molar-refractivity contribution in [3.63, 3.8) is 0 Å². The van der Waals surface area contributed by atoms with Crippen LogP contribution in [0.25, 0.3) is 22.3 Å². The number of unbranched alkanes of at least 4 members (excludes halogenated alkanes) is 7. The van der Waals surface area contributed by atoms with Crippen molar-refractivity contribution in [3.8, 4) is 22.3 Å². The van der Waals surface area contributed by atoms with Gasteiger partial charge in [0, 0.05) is 11.5 Å². The first-order valence-electron chi connectivity index (χ1n) is 14.7. The number of hydrogen-bond acceptors (Lipinski definition) is 2. The Labute approximate surface area is 237 Å². The molecule has 0 bridgehead atoms. The largest absolute Gasteiger partial charge is 0.348 e. The van der Waals surface area contributed by atoms with Gasteiger partial charge in [0.15, 0.2) is 17.9 Å². The van der Waals surface area contributed by atoms with Crippen molar-refractivity contribution in [2.24, 2.45) is 0 Å². The predicted molar refractivity (Wildman–Crippen MR) is 157 cm³/mol. The average Bonchev–Trinajstić information content (AvgIpc) is 2.97. The van der Waals surface area contributed by atoms with Gasteiger partial charge >= 0.3 is 0 Å². The minimum Gasteiger partial charge on any atom is -0.348 e. The van der Waals surface area contributed by atoms with E-state index in [0.717, 1.165) is 24.8 Å². The van der Waals surface area contributed by atoms with Crippen LogP contribution in [0.2, 0.25) is 0 Å². The van der Waals surface area contributed by atoms with Gasteiger partial charge in [-0.3, -0.25) is 0 Å². The lowest BCUT2D eigenvalue weighted by Gasteiger charge is -2.28. The number of aryl methyl sites for hydroxylation is 1. The van der Waals surface area contributed by atoms with E-state index < -0.39 is 11.6 Å². The molecule has 0 spiro atoms. The molecule has 5 heteroatoms. The third-order valence-corrected chi connectivity index (χ3v) is 7.70. The Morgan fingerprint density at radius 1 is 0.725 bits per heavy atom. The summed E-state index contributed by atoms with van der Waals surface area (Å²) >= 11 is 0. The molecule has 0 radical (unpaired) electrons. The summed E-state index contributed by atoms with van der Waals surface area (Å²) in [6.45, 7) is 4.88. The number of rotatable bonds is 13. The van der Waals surface area contributed by atoms with Crippen LogP contribution in [0.15, 0.2) is 66.7 Å². The fraction of sp³-hybridized carbons (Fsp3) is 0.429. The van der Waals surface area contributed by atoms with Gasteiger partial charge in [0.2, 0.25) is 0 Å². The Kier molecular flexibility index (Phi) is 11.4. The lowest BCUT2D eigenvalue weighted by molar-refractivity contribution is -0.159. The van der Waals surface area contributed by atoms with Gasteiger partial charge in [0.05, 0.1) is 13.2 Å². The van der Waals surface area contributed by atoms with E-state index in [1.54, 1.807) is 30.3 Å². The first-order valence-corrected chi connectivity index (χ1v) is 14.7. The second kappa shape index (κ2) is 15.2. The van der Waals surface area contributed by atoms with E-state index in [1.807, 2.05) is 37.3 Å². The molecule has 0 aromatic heterocycles. The van der Waals surface area contributed by atoms with Crippen molar-refractivity contribution >= 4 is 0 Å². The summed E-state index contributed by atoms with van der Waals surface area (Å²) in [5.74, 6) is -2.05. The second-order valence-corrected chi connectivity index (χ2v) is 10.7. The third-order valence-electron chi connectivity index (χ3n) is 7.70. The highest BCUT2D eigenvalue weighted by Gasteiger charge is 2.24. The van der Waals surface area contributed by atoms with Crippen molar-refractivity contribution in [2.75, 3.05) is 13.2 Å². The van der Waals surface area contributed by atoms with Crippen molar-refractivity contribution in [1.82, 2.24) is 0 Å². The molecule has 0 N–H and O–H groups in total. The number of halogens is 3. The topological polar surface area (TPSA) is 18.5 Å². The summed E-state index contributed by atoms with van der Waals surface area (Å²) < 4.78 is 56.2. The van der Waals surface area contributed by atoms with Crippen LogP contribution in [-0.2, 0) is 15.9 Å². The maximum absolute atomic E-state index is 15.0. The number of hydrogen-bond donors (Lipinski definition) is 0. The molecule has 40 heavy (non-hydrogen) atoms. The molecule has 2 nitrogen and oxygen atoms in total. The Bertz CT molecular complexity index is 1240. The molecular formula is C35H41F3O2. The fourth-order valence-corrected chi connectivity index (χ4v) is 5.30. The van der Waals surface area contributed by atoms with Crippen molar-refractivity contribution in [3.05, 3.63) is 95.3 Å². The van der Waals surface area contributed by atoms with Gasteiger partial charge in [0.25, 0.3) is 0 Å². The summed E-state index contributed by atoms with van der Waals surface area (Å²) in [5.41, 5.74) is 3.33. The van der Waals surface area contributed by atoms with Crippen LogP contribution in [0.3, 0.4) is 0 Å². The Balaban J connectivity index is 1.36. The molecule has 0 aliphatic carbocycles. The van der Waals surface area contributed by atoms with Gasteiger partial charge in [-0.1, -0.05) is 106 Å². The molecule has 4 rings (SSSR count). The summed E-state index contributed by atoms with van der Waals surface area (Å²) in [5, 5.41) is 0. The van der Waals surface area contributed by atoms with Crippen LogP contribution in [-0.4, -0.2) is 19.5 Å². The third kappa shape index (κ3) is 7.86. The second-order valence-electron chi connectivity index (χ2n) is 10.7. The van der Waals surface area contributed by atoms with Gasteiger partial charge in [-0.05, 0) is 59.7 Å². The highest BCUT2D eigenvalue weighted by atomic mass is 19.2. The molecule has 1 aliphatic heterocycles. The van der Waals surface area contributed by atoms with Crippen LogP contribution >= 0.6 is 0 Å². The Hall–Kier alpha value is -2.89. The first-order chi connectivity index (χ1) is 19.5. The predicted octanol–water partition coefficient (Wildman–Crippen LogP) is 10.2. The van der Waals surface area contributed by atoms with Crippen LogP contribution in [0.1, 0.15) is 82.3 Å². The quantitative estimate of drug-likeness (QED) is 0.156. The lowest BCUT2D eigenvalue weighted by Crippen LogP contribution is -2.29. The van der Waals surface area contributed by atoms with E-state index in [1.165, 1.54) is 38.2 Å². The van der Waals surface area contributed by atoms with Crippen molar-refractivity contribution in [1.29, 1.82) is 0 Å². The van der Waals surface area contributed by atoms with Gasteiger partial charge < -0.3 is 9.47 Å². The molecule has 1 aliphatic rings. The zero-order valence-electron chi connectivity index (χ0n) is 23.7. The van der Waals surface area contributed by atoms with Crippen LogP contribution in [0.4, 0.5) is 13.2 Å². The molecule has 0 unspecified atom stereocenters. The molecule has 214 valence electrons. The van der Waals surface area contributed by atoms with E-state index in [0.29, 0.717) is 41.9 Å². The molecule has 1 heterocycles. The molecule has 0 amide bonds. The molecule has 1 saturated heterocycles. The summed E-state index contributed by atoms with van der Waals surface area (Å²) in [7, 11) is 0. The van der Waals surface area contributed by atoms with Crippen molar-refractivity contribution in [2.45, 2.75) is 83.8 Å². The van der Waals surface area contributed by atoms with E-state index in [4.69, 9.17) is 9.47 Å². The van der Waals surface area contributed by atoms with E-state index in [2.05, 4.69) is 6.92 Å². The molecule has 1 fully saturated rings.